The molecule has 0 aliphatic rings. The van der Waals surface area contributed by atoms with E-state index in [-0.39, 0.29) is 29.6 Å². The predicted molar refractivity (Wildman–Crippen MR) is 85.3 cm³/mol. The van der Waals surface area contributed by atoms with Gasteiger partial charge in [0.1, 0.15) is 0 Å². The molecule has 0 saturated carbocycles. The van der Waals surface area contributed by atoms with Gasteiger partial charge in [0, 0.05) is 27.2 Å². The van der Waals surface area contributed by atoms with E-state index in [9.17, 15) is 0 Å². The number of allylic oxidation sites excluding steroid dienone is 1. The Hall–Kier alpha value is -0.300. The first-order valence-electron chi connectivity index (χ1n) is 5.66. The highest BCUT2D eigenvalue weighted by Gasteiger charge is 2.16. The van der Waals surface area contributed by atoms with Crippen molar-refractivity contribution < 1.29 is 4.74 Å². The summed E-state index contributed by atoms with van der Waals surface area (Å²) in [5, 5.41) is 6.46. The van der Waals surface area contributed by atoms with Crippen LogP contribution in [0.1, 0.15) is 27.2 Å². The summed E-state index contributed by atoms with van der Waals surface area (Å²) < 4.78 is 5.32. The molecule has 0 aromatic rings. The summed E-state index contributed by atoms with van der Waals surface area (Å²) in [7, 11) is 3.48. The maximum atomic E-state index is 5.32. The normalized spacial score (nSPS) is 12.4. The SMILES string of the molecule is C/C=C/CCNC(=NC)NCC(C)(C)OC.I. The third-order valence-corrected chi connectivity index (χ3v) is 2.30. The zero-order valence-corrected chi connectivity index (χ0v) is 13.9. The van der Waals surface area contributed by atoms with Gasteiger partial charge < -0.3 is 15.4 Å². The Kier molecular flexibility index (Phi) is 12.1. The summed E-state index contributed by atoms with van der Waals surface area (Å²) in [5.74, 6) is 0.814. The third-order valence-electron chi connectivity index (χ3n) is 2.30. The quantitative estimate of drug-likeness (QED) is 0.252. The maximum Gasteiger partial charge on any atom is 0.191 e. The van der Waals surface area contributed by atoms with Gasteiger partial charge in [-0.05, 0) is 27.2 Å². The van der Waals surface area contributed by atoms with Gasteiger partial charge in [0.15, 0.2) is 5.96 Å². The van der Waals surface area contributed by atoms with Gasteiger partial charge in [-0.15, -0.1) is 24.0 Å². The summed E-state index contributed by atoms with van der Waals surface area (Å²) >= 11 is 0. The van der Waals surface area contributed by atoms with Gasteiger partial charge in [-0.3, -0.25) is 4.99 Å². The van der Waals surface area contributed by atoms with Gasteiger partial charge in [-0.25, -0.2) is 0 Å². The minimum Gasteiger partial charge on any atom is -0.377 e. The highest BCUT2D eigenvalue weighted by molar-refractivity contribution is 14.0. The molecule has 5 heteroatoms. The van der Waals surface area contributed by atoms with E-state index in [4.69, 9.17) is 4.74 Å². The molecule has 0 spiro atoms. The van der Waals surface area contributed by atoms with Crippen molar-refractivity contribution in [3.05, 3.63) is 12.2 Å². The van der Waals surface area contributed by atoms with Crippen LogP contribution in [-0.4, -0.2) is 38.8 Å². The number of guanidine groups is 1. The smallest absolute Gasteiger partial charge is 0.191 e. The Morgan fingerprint density at radius 2 is 2.00 bits per heavy atom. The van der Waals surface area contributed by atoms with Gasteiger partial charge in [0.05, 0.1) is 5.60 Å². The number of methoxy groups -OCH3 is 1. The molecule has 0 atom stereocenters. The Morgan fingerprint density at radius 3 is 2.47 bits per heavy atom. The second-order valence-electron chi connectivity index (χ2n) is 4.17. The van der Waals surface area contributed by atoms with Crippen LogP contribution >= 0.6 is 24.0 Å². The molecule has 0 fully saturated rings. The highest BCUT2D eigenvalue weighted by Crippen LogP contribution is 2.04. The topological polar surface area (TPSA) is 45.7 Å². The number of rotatable bonds is 6. The zero-order valence-electron chi connectivity index (χ0n) is 11.5. The van der Waals surface area contributed by atoms with Crippen LogP contribution in [0.15, 0.2) is 17.1 Å². The summed E-state index contributed by atoms with van der Waals surface area (Å²) in [6, 6.07) is 0. The van der Waals surface area contributed by atoms with Crippen LogP contribution in [0.4, 0.5) is 0 Å². The van der Waals surface area contributed by atoms with Crippen LogP contribution < -0.4 is 10.6 Å². The van der Waals surface area contributed by atoms with Crippen LogP contribution in [-0.2, 0) is 4.74 Å². The third kappa shape index (κ3) is 10.6. The van der Waals surface area contributed by atoms with E-state index in [1.54, 1.807) is 14.2 Å². The number of ether oxygens (including phenoxy) is 1. The first-order valence-corrected chi connectivity index (χ1v) is 5.66. The molecular formula is C12H26IN3O. The molecule has 0 aromatic carbocycles. The van der Waals surface area contributed by atoms with Gasteiger partial charge in [-0.1, -0.05) is 12.2 Å². The van der Waals surface area contributed by atoms with E-state index >= 15 is 0 Å². The minimum atomic E-state index is -0.180. The second-order valence-corrected chi connectivity index (χ2v) is 4.17. The molecule has 0 heterocycles. The Bertz CT molecular complexity index is 240. The summed E-state index contributed by atoms with van der Waals surface area (Å²) in [5.41, 5.74) is -0.180. The molecule has 0 saturated heterocycles. The standard InChI is InChI=1S/C12H25N3O.HI/c1-6-7-8-9-14-11(13-4)15-10-12(2,3)16-5;/h6-7H,8-10H2,1-5H3,(H2,13,14,15);1H/b7-6+;. The first-order chi connectivity index (χ1) is 7.55. The Morgan fingerprint density at radius 1 is 1.35 bits per heavy atom. The lowest BCUT2D eigenvalue weighted by Crippen LogP contribution is -2.45. The fourth-order valence-electron chi connectivity index (χ4n) is 1.03. The van der Waals surface area contributed by atoms with Crippen LogP contribution in [0.25, 0.3) is 0 Å². The van der Waals surface area contributed by atoms with E-state index in [0.717, 1.165) is 25.5 Å². The molecule has 0 aromatic heterocycles. The Labute approximate surface area is 122 Å². The molecule has 0 amide bonds. The molecule has 0 aliphatic heterocycles. The predicted octanol–water partition coefficient (Wildman–Crippen LogP) is 2.16. The molecule has 17 heavy (non-hydrogen) atoms. The molecular weight excluding hydrogens is 329 g/mol. The van der Waals surface area contributed by atoms with Gasteiger partial charge in [0.2, 0.25) is 0 Å². The van der Waals surface area contributed by atoms with Crippen molar-refractivity contribution in [3.63, 3.8) is 0 Å². The Balaban J connectivity index is 0. The maximum absolute atomic E-state index is 5.32. The fourth-order valence-corrected chi connectivity index (χ4v) is 1.03. The van der Waals surface area contributed by atoms with Crippen LogP contribution in [0.2, 0.25) is 0 Å². The van der Waals surface area contributed by atoms with E-state index in [0.29, 0.717) is 0 Å². The van der Waals surface area contributed by atoms with Crippen molar-refractivity contribution in [2.75, 3.05) is 27.2 Å². The molecule has 0 aliphatic carbocycles. The number of nitrogens with one attached hydrogen (secondary N) is 2. The molecule has 4 nitrogen and oxygen atoms in total. The highest BCUT2D eigenvalue weighted by atomic mass is 127. The van der Waals surface area contributed by atoms with Crippen molar-refractivity contribution in [1.29, 1.82) is 0 Å². The van der Waals surface area contributed by atoms with Gasteiger partial charge in [0.25, 0.3) is 0 Å². The summed E-state index contributed by atoms with van der Waals surface area (Å²) in [4.78, 5) is 4.14. The summed E-state index contributed by atoms with van der Waals surface area (Å²) in [6.07, 6.45) is 5.18. The van der Waals surface area contributed by atoms with Crippen molar-refractivity contribution in [2.24, 2.45) is 4.99 Å². The van der Waals surface area contributed by atoms with E-state index in [1.807, 2.05) is 26.8 Å². The van der Waals surface area contributed by atoms with E-state index in [2.05, 4.69) is 21.7 Å². The average molecular weight is 355 g/mol. The fraction of sp³-hybridized carbons (Fsp3) is 0.750. The van der Waals surface area contributed by atoms with Gasteiger partial charge >= 0.3 is 0 Å². The number of nitrogens with zero attached hydrogens (tertiary/aromatic N) is 1. The van der Waals surface area contributed by atoms with Crippen LogP contribution in [0.3, 0.4) is 0 Å². The van der Waals surface area contributed by atoms with Crippen molar-refractivity contribution in [2.45, 2.75) is 32.8 Å². The monoisotopic (exact) mass is 355 g/mol. The van der Waals surface area contributed by atoms with Crippen molar-refractivity contribution in [1.82, 2.24) is 10.6 Å². The zero-order chi connectivity index (χ0) is 12.4. The molecule has 0 bridgehead atoms. The van der Waals surface area contributed by atoms with Crippen LogP contribution in [0, 0.1) is 0 Å². The molecule has 2 N–H and O–H groups in total. The number of halogens is 1. The van der Waals surface area contributed by atoms with Crippen LogP contribution in [0.5, 0.6) is 0 Å². The number of hydrogen-bond donors (Lipinski definition) is 2. The van der Waals surface area contributed by atoms with E-state index in [1.165, 1.54) is 0 Å². The lowest BCUT2D eigenvalue weighted by Gasteiger charge is -2.24. The summed E-state index contributed by atoms with van der Waals surface area (Å²) in [6.45, 7) is 7.71. The van der Waals surface area contributed by atoms with E-state index < -0.39 is 0 Å². The number of hydrogen-bond acceptors (Lipinski definition) is 2. The molecule has 0 unspecified atom stereocenters. The van der Waals surface area contributed by atoms with Gasteiger partial charge in [-0.2, -0.15) is 0 Å². The first kappa shape index (κ1) is 19.0. The molecule has 102 valence electrons. The number of aliphatic imine (C=N–C) groups is 1. The lowest BCUT2D eigenvalue weighted by molar-refractivity contribution is 0.0268. The minimum absolute atomic E-state index is 0. The largest absolute Gasteiger partial charge is 0.377 e. The average Bonchev–Trinajstić information content (AvgIpc) is 2.28. The second kappa shape index (κ2) is 10.8. The molecule has 0 radical (unpaired) electrons. The van der Waals surface area contributed by atoms with Crippen molar-refractivity contribution >= 4 is 29.9 Å². The molecule has 0 rings (SSSR count). The lowest BCUT2D eigenvalue weighted by atomic mass is 10.1. The van der Waals surface area contributed by atoms with Crippen molar-refractivity contribution in [3.8, 4) is 0 Å².